The molecule has 6 nitrogen and oxygen atoms in total. The van der Waals surface area contributed by atoms with E-state index in [1.54, 1.807) is 31.6 Å². The van der Waals surface area contributed by atoms with E-state index in [9.17, 15) is 9.90 Å². The standard InChI is InChI=1S/C23H22N2O4/c1-28-19-4-2-3-16(11-19)13-25-22(14-29-15-23(25)27)21-12-24-10-9-20(21)17-5-7-18(26)8-6-17/h2-12,22,26H,13-15H2,1H3. The second kappa shape index (κ2) is 8.32. The summed E-state index contributed by atoms with van der Waals surface area (Å²) in [6.07, 6.45) is 3.51. The van der Waals surface area contributed by atoms with Crippen LogP contribution in [0.3, 0.4) is 0 Å². The molecule has 1 fully saturated rings. The number of nitrogens with zero attached hydrogens (tertiary/aromatic N) is 2. The molecule has 0 aliphatic carbocycles. The van der Waals surface area contributed by atoms with Gasteiger partial charge in [-0.3, -0.25) is 9.78 Å². The Hall–Kier alpha value is -3.38. The predicted molar refractivity (Wildman–Crippen MR) is 108 cm³/mol. The number of methoxy groups -OCH3 is 1. The third-order valence-corrected chi connectivity index (χ3v) is 5.07. The summed E-state index contributed by atoms with van der Waals surface area (Å²) < 4.78 is 10.9. The van der Waals surface area contributed by atoms with Gasteiger partial charge >= 0.3 is 0 Å². The Labute approximate surface area is 169 Å². The molecule has 4 rings (SSSR count). The van der Waals surface area contributed by atoms with Crippen LogP contribution in [0.25, 0.3) is 11.1 Å². The minimum atomic E-state index is -0.264. The van der Waals surface area contributed by atoms with Crippen molar-refractivity contribution in [1.82, 2.24) is 9.88 Å². The number of amides is 1. The highest BCUT2D eigenvalue weighted by atomic mass is 16.5. The summed E-state index contributed by atoms with van der Waals surface area (Å²) in [7, 11) is 1.63. The molecule has 0 spiro atoms. The van der Waals surface area contributed by atoms with Gasteiger partial charge in [0.15, 0.2) is 0 Å². The molecule has 6 heteroatoms. The van der Waals surface area contributed by atoms with Crippen molar-refractivity contribution in [2.45, 2.75) is 12.6 Å². The first-order valence-electron chi connectivity index (χ1n) is 9.39. The lowest BCUT2D eigenvalue weighted by atomic mass is 9.95. The lowest BCUT2D eigenvalue weighted by Gasteiger charge is -2.36. The van der Waals surface area contributed by atoms with Gasteiger partial charge in [-0.25, -0.2) is 0 Å². The van der Waals surface area contributed by atoms with Crippen LogP contribution in [0.1, 0.15) is 17.2 Å². The number of rotatable bonds is 5. The molecular weight excluding hydrogens is 368 g/mol. The van der Waals surface area contributed by atoms with Gasteiger partial charge in [0.2, 0.25) is 5.91 Å². The number of phenolic OH excluding ortho intramolecular Hbond substituents is 1. The van der Waals surface area contributed by atoms with Crippen molar-refractivity contribution < 1.29 is 19.4 Å². The van der Waals surface area contributed by atoms with Crippen LogP contribution in [-0.4, -0.2) is 41.2 Å². The molecule has 0 saturated carbocycles. The number of aromatic nitrogens is 1. The highest BCUT2D eigenvalue weighted by molar-refractivity contribution is 5.79. The van der Waals surface area contributed by atoms with Crippen LogP contribution >= 0.6 is 0 Å². The van der Waals surface area contributed by atoms with Crippen LogP contribution in [0, 0.1) is 0 Å². The fourth-order valence-electron chi connectivity index (χ4n) is 3.60. The number of pyridine rings is 1. The van der Waals surface area contributed by atoms with E-state index in [1.165, 1.54) is 0 Å². The Kier molecular flexibility index (Phi) is 5.44. The molecule has 1 amide bonds. The first kappa shape index (κ1) is 19.0. The van der Waals surface area contributed by atoms with Gasteiger partial charge in [0.25, 0.3) is 0 Å². The lowest BCUT2D eigenvalue weighted by Crippen LogP contribution is -2.43. The van der Waals surface area contributed by atoms with Gasteiger partial charge in [-0.05, 0) is 47.0 Å². The fraction of sp³-hybridized carbons (Fsp3) is 0.217. The molecule has 1 unspecified atom stereocenters. The van der Waals surface area contributed by atoms with E-state index in [0.717, 1.165) is 28.0 Å². The quantitative estimate of drug-likeness (QED) is 0.721. The maximum absolute atomic E-state index is 12.7. The Morgan fingerprint density at radius 3 is 2.83 bits per heavy atom. The van der Waals surface area contributed by atoms with E-state index in [1.807, 2.05) is 47.4 Å². The summed E-state index contributed by atoms with van der Waals surface area (Å²) in [6.45, 7) is 0.912. The van der Waals surface area contributed by atoms with E-state index < -0.39 is 0 Å². The average molecular weight is 390 g/mol. The largest absolute Gasteiger partial charge is 0.508 e. The molecule has 1 aliphatic rings. The molecule has 2 heterocycles. The summed E-state index contributed by atoms with van der Waals surface area (Å²) in [4.78, 5) is 18.9. The summed E-state index contributed by atoms with van der Waals surface area (Å²) in [5.41, 5.74) is 3.80. The normalized spacial score (nSPS) is 16.7. The van der Waals surface area contributed by atoms with E-state index >= 15 is 0 Å². The lowest BCUT2D eigenvalue weighted by molar-refractivity contribution is -0.149. The van der Waals surface area contributed by atoms with Gasteiger partial charge < -0.3 is 19.5 Å². The van der Waals surface area contributed by atoms with Gasteiger partial charge in [0.1, 0.15) is 18.1 Å². The maximum Gasteiger partial charge on any atom is 0.249 e. The van der Waals surface area contributed by atoms with Gasteiger partial charge in [-0.1, -0.05) is 24.3 Å². The molecule has 29 heavy (non-hydrogen) atoms. The van der Waals surface area contributed by atoms with Crippen molar-refractivity contribution in [3.8, 4) is 22.6 Å². The number of phenols is 1. The number of aromatic hydroxyl groups is 1. The van der Waals surface area contributed by atoms with Crippen molar-refractivity contribution in [2.75, 3.05) is 20.3 Å². The molecule has 0 radical (unpaired) electrons. The minimum absolute atomic E-state index is 0.0648. The van der Waals surface area contributed by atoms with Crippen LogP contribution < -0.4 is 4.74 Å². The average Bonchev–Trinajstić information content (AvgIpc) is 2.76. The third kappa shape index (κ3) is 4.07. The van der Waals surface area contributed by atoms with E-state index in [0.29, 0.717) is 13.2 Å². The van der Waals surface area contributed by atoms with E-state index in [4.69, 9.17) is 9.47 Å². The van der Waals surface area contributed by atoms with Gasteiger partial charge in [-0.2, -0.15) is 0 Å². The zero-order valence-corrected chi connectivity index (χ0v) is 16.1. The van der Waals surface area contributed by atoms with Crippen LogP contribution in [0.4, 0.5) is 0 Å². The topological polar surface area (TPSA) is 71.9 Å². The maximum atomic E-state index is 12.7. The Bertz CT molecular complexity index is 1000. The smallest absolute Gasteiger partial charge is 0.249 e. The Morgan fingerprint density at radius 2 is 2.03 bits per heavy atom. The molecular formula is C23H22N2O4. The highest BCUT2D eigenvalue weighted by Crippen LogP contribution is 2.34. The van der Waals surface area contributed by atoms with Crippen molar-refractivity contribution in [1.29, 1.82) is 0 Å². The molecule has 2 aromatic carbocycles. The Morgan fingerprint density at radius 1 is 1.21 bits per heavy atom. The zero-order valence-electron chi connectivity index (χ0n) is 16.1. The van der Waals surface area contributed by atoms with Crippen LogP contribution in [0.15, 0.2) is 67.0 Å². The van der Waals surface area contributed by atoms with Crippen LogP contribution in [-0.2, 0) is 16.1 Å². The van der Waals surface area contributed by atoms with Crippen molar-refractivity contribution in [3.63, 3.8) is 0 Å². The van der Waals surface area contributed by atoms with Crippen LogP contribution in [0.5, 0.6) is 11.5 Å². The molecule has 148 valence electrons. The molecule has 1 N–H and O–H groups in total. The van der Waals surface area contributed by atoms with Crippen LogP contribution in [0.2, 0.25) is 0 Å². The van der Waals surface area contributed by atoms with Gasteiger partial charge in [-0.15, -0.1) is 0 Å². The second-order valence-electron chi connectivity index (χ2n) is 6.91. The molecule has 3 aromatic rings. The first-order chi connectivity index (χ1) is 14.2. The van der Waals surface area contributed by atoms with Crippen molar-refractivity contribution in [2.24, 2.45) is 0 Å². The third-order valence-electron chi connectivity index (χ3n) is 5.07. The molecule has 0 bridgehead atoms. The summed E-state index contributed by atoms with van der Waals surface area (Å²) in [5, 5.41) is 9.61. The van der Waals surface area contributed by atoms with E-state index in [2.05, 4.69) is 4.98 Å². The molecule has 1 aromatic heterocycles. The zero-order chi connectivity index (χ0) is 20.2. The monoisotopic (exact) mass is 390 g/mol. The number of carbonyl (C=O) groups is 1. The molecule has 1 saturated heterocycles. The fourth-order valence-corrected chi connectivity index (χ4v) is 3.60. The second-order valence-corrected chi connectivity index (χ2v) is 6.91. The first-order valence-corrected chi connectivity index (χ1v) is 9.39. The van der Waals surface area contributed by atoms with Crippen molar-refractivity contribution >= 4 is 5.91 Å². The highest BCUT2D eigenvalue weighted by Gasteiger charge is 2.32. The van der Waals surface area contributed by atoms with Gasteiger partial charge in [0, 0.05) is 24.5 Å². The number of hydrogen-bond donors (Lipinski definition) is 1. The SMILES string of the molecule is COc1cccc(CN2C(=O)COCC2c2cnccc2-c2ccc(O)cc2)c1. The number of benzene rings is 2. The summed E-state index contributed by atoms with van der Waals surface area (Å²) in [5.74, 6) is 0.899. The molecule has 1 aliphatic heterocycles. The number of carbonyl (C=O) groups excluding carboxylic acids is 1. The number of ether oxygens (including phenoxy) is 2. The number of hydrogen-bond acceptors (Lipinski definition) is 5. The molecule has 1 atom stereocenters. The predicted octanol–water partition coefficient (Wildman–Crippen LogP) is 3.56. The number of morpholine rings is 1. The summed E-state index contributed by atoms with van der Waals surface area (Å²) >= 11 is 0. The Balaban J connectivity index is 1.70. The van der Waals surface area contributed by atoms with Crippen molar-refractivity contribution in [3.05, 3.63) is 78.1 Å². The summed E-state index contributed by atoms with van der Waals surface area (Å²) in [6, 6.07) is 16.4. The van der Waals surface area contributed by atoms with E-state index in [-0.39, 0.29) is 24.3 Å². The van der Waals surface area contributed by atoms with Gasteiger partial charge in [0.05, 0.1) is 19.8 Å². The minimum Gasteiger partial charge on any atom is -0.508 e.